The van der Waals surface area contributed by atoms with Gasteiger partial charge in [0.05, 0.1) is 12.3 Å². The van der Waals surface area contributed by atoms with E-state index >= 15 is 0 Å². The van der Waals surface area contributed by atoms with E-state index in [1.54, 1.807) is 17.0 Å². The highest BCUT2D eigenvalue weighted by molar-refractivity contribution is 5.91. The Labute approximate surface area is 143 Å². The third-order valence-corrected chi connectivity index (χ3v) is 5.14. The van der Waals surface area contributed by atoms with E-state index in [0.717, 1.165) is 6.42 Å². The van der Waals surface area contributed by atoms with Gasteiger partial charge in [0, 0.05) is 31.5 Å². The van der Waals surface area contributed by atoms with Gasteiger partial charge in [-0.25, -0.2) is 4.68 Å². The van der Waals surface area contributed by atoms with Gasteiger partial charge in [-0.3, -0.25) is 19.0 Å². The highest BCUT2D eigenvalue weighted by Crippen LogP contribution is 2.39. The number of hydrogen-bond donors (Lipinski definition) is 0. The molecule has 1 amide bonds. The zero-order chi connectivity index (χ0) is 17.8. The van der Waals surface area contributed by atoms with Crippen molar-refractivity contribution >= 4 is 5.91 Å². The van der Waals surface area contributed by atoms with Crippen molar-refractivity contribution < 1.29 is 9.21 Å². The average molecular weight is 344 g/mol. The number of nitrogens with zero attached hydrogens (tertiary/aromatic N) is 4. The second kappa shape index (κ2) is 5.44. The van der Waals surface area contributed by atoms with Crippen LogP contribution >= 0.6 is 0 Å². The molecule has 1 saturated heterocycles. The lowest BCUT2D eigenvalue weighted by Gasteiger charge is -2.22. The third-order valence-electron chi connectivity index (χ3n) is 5.14. The summed E-state index contributed by atoms with van der Waals surface area (Å²) in [5.41, 5.74) is -1.34. The van der Waals surface area contributed by atoms with Crippen LogP contribution in [-0.4, -0.2) is 38.2 Å². The molecule has 25 heavy (non-hydrogen) atoms. The van der Waals surface area contributed by atoms with E-state index in [-0.39, 0.29) is 17.4 Å². The Hall–Kier alpha value is -2.64. The molecule has 2 aliphatic heterocycles. The van der Waals surface area contributed by atoms with Crippen LogP contribution in [0.25, 0.3) is 0 Å². The van der Waals surface area contributed by atoms with Gasteiger partial charge in [0.25, 0.3) is 5.91 Å². The Kier molecular flexibility index (Phi) is 3.45. The van der Waals surface area contributed by atoms with Crippen LogP contribution in [0.3, 0.4) is 0 Å². The molecule has 4 heterocycles. The molecule has 2 aliphatic rings. The number of carbonyl (C=O) groups is 1. The van der Waals surface area contributed by atoms with Crippen LogP contribution in [0, 0.1) is 5.41 Å². The molecule has 0 aliphatic carbocycles. The van der Waals surface area contributed by atoms with Crippen molar-refractivity contribution in [1.82, 2.24) is 19.2 Å². The van der Waals surface area contributed by atoms with Gasteiger partial charge in [0.2, 0.25) is 0 Å². The molecule has 1 spiro atoms. The number of furan rings is 1. The smallest absolute Gasteiger partial charge is 0.332 e. The Morgan fingerprint density at radius 1 is 1.28 bits per heavy atom. The number of fused-ring (bicyclic) bond motifs is 1. The van der Waals surface area contributed by atoms with Gasteiger partial charge < -0.3 is 9.32 Å². The molecule has 0 aromatic carbocycles. The summed E-state index contributed by atoms with van der Waals surface area (Å²) in [5, 5.41) is 4.40. The lowest BCUT2D eigenvalue weighted by molar-refractivity contribution is 0.0740. The molecule has 2 aromatic rings. The predicted octanol–water partition coefficient (Wildman–Crippen LogP) is 0.667. The average Bonchev–Trinajstić information content (AvgIpc) is 3.30. The summed E-state index contributed by atoms with van der Waals surface area (Å²) in [6, 6.07) is 3.18. The molecule has 1 unspecified atom stereocenters. The molecule has 0 saturated carbocycles. The summed E-state index contributed by atoms with van der Waals surface area (Å²) < 4.78 is 7.94. The van der Waals surface area contributed by atoms with Gasteiger partial charge in [0.1, 0.15) is 5.82 Å². The Balaban J connectivity index is 1.62. The summed E-state index contributed by atoms with van der Waals surface area (Å²) in [7, 11) is 0. The van der Waals surface area contributed by atoms with E-state index in [2.05, 4.69) is 5.10 Å². The molecule has 2 aromatic heterocycles. The summed E-state index contributed by atoms with van der Waals surface area (Å²) in [6.45, 7) is 5.23. The van der Waals surface area contributed by atoms with Gasteiger partial charge in [-0.1, -0.05) is 0 Å². The van der Waals surface area contributed by atoms with E-state index < -0.39 is 11.1 Å². The Morgan fingerprint density at radius 3 is 2.76 bits per heavy atom. The molecular weight excluding hydrogens is 324 g/mol. The van der Waals surface area contributed by atoms with Crippen LogP contribution in [0.15, 0.2) is 32.4 Å². The lowest BCUT2D eigenvalue weighted by atomic mass is 9.86. The van der Waals surface area contributed by atoms with E-state index in [1.807, 2.05) is 13.8 Å². The molecule has 1 atom stereocenters. The Bertz CT molecular complexity index is 941. The second-order valence-electron chi connectivity index (χ2n) is 7.28. The first-order chi connectivity index (χ1) is 11.9. The summed E-state index contributed by atoms with van der Waals surface area (Å²) in [5.74, 6) is 0.813. The second-order valence-corrected chi connectivity index (χ2v) is 7.28. The normalized spacial score (nSPS) is 22.1. The monoisotopic (exact) mass is 344 g/mol. The Morgan fingerprint density at radius 2 is 2.08 bits per heavy atom. The van der Waals surface area contributed by atoms with Crippen LogP contribution in [-0.2, 0) is 13.0 Å². The number of carbonyl (C=O) groups excluding carboxylic acids is 1. The fraction of sp³-hybridized carbons (Fsp3) is 0.529. The molecule has 4 rings (SSSR count). The van der Waals surface area contributed by atoms with Crippen LogP contribution in [0.5, 0.6) is 0 Å². The molecule has 0 bridgehead atoms. The van der Waals surface area contributed by atoms with Crippen molar-refractivity contribution in [3.05, 3.63) is 50.7 Å². The van der Waals surface area contributed by atoms with Crippen LogP contribution in [0.1, 0.15) is 42.7 Å². The maximum absolute atomic E-state index is 12.5. The standard InChI is InChI=1S/C17H20N4O4/c1-11(2)21-16(24)15(23)20-10-17(8-13(20)18-21)5-6-19(9-17)14(22)12-4-3-7-25-12/h3-4,7,11H,5-6,8-10H2,1-2H3. The molecule has 0 radical (unpaired) electrons. The minimum Gasteiger partial charge on any atom is -0.459 e. The van der Waals surface area contributed by atoms with Crippen molar-refractivity contribution in [3.8, 4) is 0 Å². The zero-order valence-corrected chi connectivity index (χ0v) is 14.3. The maximum atomic E-state index is 12.5. The van der Waals surface area contributed by atoms with Gasteiger partial charge in [-0.2, -0.15) is 5.10 Å². The molecule has 132 valence electrons. The van der Waals surface area contributed by atoms with Crippen molar-refractivity contribution in [2.24, 2.45) is 5.41 Å². The SMILES string of the molecule is CC(C)n1nc2n(c(=O)c1=O)CC1(CCN(C(=O)c3ccco3)C1)C2. The van der Waals surface area contributed by atoms with E-state index in [0.29, 0.717) is 37.6 Å². The first kappa shape index (κ1) is 15.9. The minimum absolute atomic E-state index is 0.139. The maximum Gasteiger partial charge on any atom is 0.332 e. The fourth-order valence-corrected chi connectivity index (χ4v) is 3.86. The van der Waals surface area contributed by atoms with Crippen molar-refractivity contribution in [1.29, 1.82) is 0 Å². The summed E-state index contributed by atoms with van der Waals surface area (Å²) in [6.07, 6.45) is 2.85. The van der Waals surface area contributed by atoms with E-state index in [1.165, 1.54) is 15.5 Å². The molecular formula is C17H20N4O4. The van der Waals surface area contributed by atoms with Crippen molar-refractivity contribution in [3.63, 3.8) is 0 Å². The highest BCUT2D eigenvalue weighted by atomic mass is 16.3. The predicted molar refractivity (Wildman–Crippen MR) is 88.5 cm³/mol. The topological polar surface area (TPSA) is 90.3 Å². The first-order valence-electron chi connectivity index (χ1n) is 8.45. The lowest BCUT2D eigenvalue weighted by Crippen LogP contribution is -2.44. The van der Waals surface area contributed by atoms with E-state index in [4.69, 9.17) is 4.42 Å². The number of likely N-dealkylation sites (tertiary alicyclic amines) is 1. The number of aromatic nitrogens is 3. The molecule has 0 N–H and O–H groups in total. The highest BCUT2D eigenvalue weighted by Gasteiger charge is 2.46. The zero-order valence-electron chi connectivity index (χ0n) is 14.3. The number of hydrogen-bond acceptors (Lipinski definition) is 5. The van der Waals surface area contributed by atoms with Gasteiger partial charge in [-0.15, -0.1) is 0 Å². The largest absolute Gasteiger partial charge is 0.459 e. The molecule has 1 fully saturated rings. The quantitative estimate of drug-likeness (QED) is 0.747. The van der Waals surface area contributed by atoms with Crippen molar-refractivity contribution in [2.45, 2.75) is 39.3 Å². The third kappa shape index (κ3) is 2.43. The fourth-order valence-electron chi connectivity index (χ4n) is 3.86. The van der Waals surface area contributed by atoms with Gasteiger partial charge >= 0.3 is 11.1 Å². The minimum atomic E-state index is -0.586. The van der Waals surface area contributed by atoms with E-state index in [9.17, 15) is 14.4 Å². The number of rotatable bonds is 2. The summed E-state index contributed by atoms with van der Waals surface area (Å²) in [4.78, 5) is 38.8. The first-order valence-corrected chi connectivity index (χ1v) is 8.45. The van der Waals surface area contributed by atoms with Crippen LogP contribution in [0.2, 0.25) is 0 Å². The van der Waals surface area contributed by atoms with Gasteiger partial charge in [0.15, 0.2) is 5.76 Å². The molecule has 8 heteroatoms. The van der Waals surface area contributed by atoms with Crippen LogP contribution < -0.4 is 11.1 Å². The summed E-state index contributed by atoms with van der Waals surface area (Å²) >= 11 is 0. The van der Waals surface area contributed by atoms with Crippen molar-refractivity contribution in [2.75, 3.05) is 13.1 Å². The molecule has 8 nitrogen and oxygen atoms in total. The van der Waals surface area contributed by atoms with Crippen LogP contribution in [0.4, 0.5) is 0 Å². The van der Waals surface area contributed by atoms with Gasteiger partial charge in [-0.05, 0) is 32.4 Å². The number of amides is 1.